The van der Waals surface area contributed by atoms with Gasteiger partial charge in [0.1, 0.15) is 11.6 Å². The molecule has 0 atom stereocenters. The summed E-state index contributed by atoms with van der Waals surface area (Å²) < 4.78 is 17.0. The third-order valence-corrected chi connectivity index (χ3v) is 2.88. The van der Waals surface area contributed by atoms with Crippen LogP contribution >= 0.6 is 0 Å². The minimum absolute atomic E-state index is 0.226. The van der Waals surface area contributed by atoms with Gasteiger partial charge in [0.25, 0.3) is 0 Å². The lowest BCUT2D eigenvalue weighted by atomic mass is 10.2. The minimum Gasteiger partial charge on any atom is -0.301 e. The Morgan fingerprint density at radius 2 is 2.00 bits per heavy atom. The predicted octanol–water partition coefficient (Wildman–Crippen LogP) is 2.81. The van der Waals surface area contributed by atoms with Crippen molar-refractivity contribution in [1.29, 1.82) is 0 Å². The van der Waals surface area contributed by atoms with Gasteiger partial charge in [0.15, 0.2) is 0 Å². The third-order valence-electron chi connectivity index (χ3n) is 2.88. The van der Waals surface area contributed by atoms with Crippen LogP contribution in [0.25, 0.3) is 16.7 Å². The van der Waals surface area contributed by atoms with Crippen LogP contribution in [0.2, 0.25) is 0 Å². The molecule has 0 radical (unpaired) electrons. The highest BCUT2D eigenvalue weighted by atomic mass is 19.1. The Morgan fingerprint density at radius 3 is 2.71 bits per heavy atom. The lowest BCUT2D eigenvalue weighted by molar-refractivity contribution is 0.629. The van der Waals surface area contributed by atoms with Crippen LogP contribution in [0.3, 0.4) is 0 Å². The molecule has 3 rings (SSSR count). The Balaban J connectivity index is 2.30. The van der Waals surface area contributed by atoms with Gasteiger partial charge in [0, 0.05) is 24.7 Å². The van der Waals surface area contributed by atoms with Crippen molar-refractivity contribution in [2.24, 2.45) is 7.05 Å². The molecule has 17 heavy (non-hydrogen) atoms. The topological polar surface area (TPSA) is 22.8 Å². The van der Waals surface area contributed by atoms with E-state index in [0.717, 1.165) is 22.4 Å². The molecule has 0 amide bonds. The van der Waals surface area contributed by atoms with Crippen LogP contribution in [0.5, 0.6) is 0 Å². The molecule has 0 saturated carbocycles. The molecule has 0 unspecified atom stereocenters. The van der Waals surface area contributed by atoms with E-state index in [0.29, 0.717) is 0 Å². The fourth-order valence-electron chi connectivity index (χ4n) is 2.12. The Hall–Kier alpha value is -2.10. The van der Waals surface area contributed by atoms with Crippen molar-refractivity contribution in [3.05, 3.63) is 48.0 Å². The van der Waals surface area contributed by atoms with E-state index in [4.69, 9.17) is 0 Å². The largest absolute Gasteiger partial charge is 0.301 e. The summed E-state index contributed by atoms with van der Waals surface area (Å²) in [6, 6.07) is 8.74. The van der Waals surface area contributed by atoms with Crippen molar-refractivity contribution in [1.82, 2.24) is 14.3 Å². The van der Waals surface area contributed by atoms with Gasteiger partial charge < -0.3 is 4.57 Å². The van der Waals surface area contributed by atoms with Crippen LogP contribution < -0.4 is 0 Å². The van der Waals surface area contributed by atoms with E-state index < -0.39 is 0 Å². The second-order valence-electron chi connectivity index (χ2n) is 4.16. The highest BCUT2D eigenvalue weighted by Gasteiger charge is 2.08. The number of halogens is 1. The van der Waals surface area contributed by atoms with Crippen LogP contribution in [0.15, 0.2) is 36.5 Å². The van der Waals surface area contributed by atoms with Crippen molar-refractivity contribution in [3.8, 4) is 5.82 Å². The second kappa shape index (κ2) is 3.45. The predicted molar refractivity (Wildman–Crippen MR) is 64.7 cm³/mol. The smallest absolute Gasteiger partial charge is 0.135 e. The molecule has 3 nitrogen and oxygen atoms in total. The second-order valence-corrected chi connectivity index (χ2v) is 4.16. The molecule has 0 fully saturated rings. The molecule has 0 N–H and O–H groups in total. The summed E-state index contributed by atoms with van der Waals surface area (Å²) in [6.07, 6.45) is 1.93. The SMILES string of the molecule is Cc1cc(-n2ccc3ccc(F)cc32)n(C)n1. The van der Waals surface area contributed by atoms with Crippen molar-refractivity contribution >= 4 is 10.9 Å². The summed E-state index contributed by atoms with van der Waals surface area (Å²) in [4.78, 5) is 0. The van der Waals surface area contributed by atoms with Gasteiger partial charge in [-0.2, -0.15) is 5.10 Å². The van der Waals surface area contributed by atoms with Crippen LogP contribution in [-0.4, -0.2) is 14.3 Å². The molecule has 0 saturated heterocycles. The number of hydrogen-bond donors (Lipinski definition) is 0. The van der Waals surface area contributed by atoms with E-state index in [-0.39, 0.29) is 5.82 Å². The molecule has 0 bridgehead atoms. The average molecular weight is 229 g/mol. The first-order chi connectivity index (χ1) is 8.15. The Morgan fingerprint density at radius 1 is 1.18 bits per heavy atom. The third kappa shape index (κ3) is 1.53. The monoisotopic (exact) mass is 229 g/mol. The van der Waals surface area contributed by atoms with Gasteiger partial charge in [-0.1, -0.05) is 0 Å². The number of fused-ring (bicyclic) bond motifs is 1. The lowest BCUT2D eigenvalue weighted by Gasteiger charge is -2.05. The highest BCUT2D eigenvalue weighted by Crippen LogP contribution is 2.21. The van der Waals surface area contributed by atoms with Gasteiger partial charge in [-0.3, -0.25) is 4.68 Å². The number of benzene rings is 1. The zero-order valence-electron chi connectivity index (χ0n) is 9.68. The van der Waals surface area contributed by atoms with Gasteiger partial charge in [-0.15, -0.1) is 0 Å². The van der Waals surface area contributed by atoms with E-state index in [9.17, 15) is 4.39 Å². The first-order valence-corrected chi connectivity index (χ1v) is 5.43. The van der Waals surface area contributed by atoms with Crippen LogP contribution in [-0.2, 0) is 7.05 Å². The maximum Gasteiger partial charge on any atom is 0.135 e. The minimum atomic E-state index is -0.226. The molecule has 2 aromatic heterocycles. The summed E-state index contributed by atoms with van der Waals surface area (Å²) >= 11 is 0. The number of hydrogen-bond acceptors (Lipinski definition) is 1. The molecular weight excluding hydrogens is 217 g/mol. The molecule has 4 heteroatoms. The quantitative estimate of drug-likeness (QED) is 0.629. The first kappa shape index (κ1) is 10.1. The average Bonchev–Trinajstić information content (AvgIpc) is 2.81. The molecular formula is C13H12FN3. The Kier molecular flexibility index (Phi) is 2.04. The highest BCUT2D eigenvalue weighted by molar-refractivity contribution is 5.81. The van der Waals surface area contributed by atoms with Crippen LogP contribution in [0, 0.1) is 12.7 Å². The van der Waals surface area contributed by atoms with E-state index >= 15 is 0 Å². The Labute approximate surface area is 98.1 Å². The number of nitrogens with zero attached hydrogens (tertiary/aromatic N) is 3. The maximum atomic E-state index is 13.3. The zero-order chi connectivity index (χ0) is 12.0. The maximum absolute atomic E-state index is 13.3. The van der Waals surface area contributed by atoms with Gasteiger partial charge in [-0.05, 0) is 31.2 Å². The molecule has 0 aliphatic carbocycles. The molecule has 3 aromatic rings. The first-order valence-electron chi connectivity index (χ1n) is 5.43. The number of rotatable bonds is 1. The summed E-state index contributed by atoms with van der Waals surface area (Å²) in [5.41, 5.74) is 1.80. The summed E-state index contributed by atoms with van der Waals surface area (Å²) in [6.45, 7) is 1.94. The van der Waals surface area contributed by atoms with Crippen molar-refractivity contribution < 1.29 is 4.39 Å². The molecule has 2 heterocycles. The summed E-state index contributed by atoms with van der Waals surface area (Å²) in [7, 11) is 1.88. The van der Waals surface area contributed by atoms with Crippen LogP contribution in [0.4, 0.5) is 4.39 Å². The lowest BCUT2D eigenvalue weighted by Crippen LogP contribution is -2.01. The Bertz CT molecular complexity index is 694. The number of aryl methyl sites for hydroxylation is 2. The summed E-state index contributed by atoms with van der Waals surface area (Å²) in [5.74, 6) is 0.708. The molecule has 0 aliphatic rings. The summed E-state index contributed by atoms with van der Waals surface area (Å²) in [5, 5.41) is 5.32. The normalized spacial score (nSPS) is 11.2. The van der Waals surface area contributed by atoms with E-state index in [1.807, 2.05) is 36.9 Å². The van der Waals surface area contributed by atoms with Gasteiger partial charge in [0.2, 0.25) is 0 Å². The molecule has 86 valence electrons. The van der Waals surface area contributed by atoms with Crippen LogP contribution in [0.1, 0.15) is 5.69 Å². The zero-order valence-corrected chi connectivity index (χ0v) is 9.68. The molecule has 0 aliphatic heterocycles. The van der Waals surface area contributed by atoms with Crippen molar-refractivity contribution in [2.45, 2.75) is 6.92 Å². The fraction of sp³-hybridized carbons (Fsp3) is 0.154. The van der Waals surface area contributed by atoms with Gasteiger partial charge in [-0.25, -0.2) is 4.39 Å². The van der Waals surface area contributed by atoms with Gasteiger partial charge >= 0.3 is 0 Å². The van der Waals surface area contributed by atoms with Crippen molar-refractivity contribution in [2.75, 3.05) is 0 Å². The van der Waals surface area contributed by atoms with E-state index in [2.05, 4.69) is 5.10 Å². The molecule has 0 spiro atoms. The molecule has 1 aromatic carbocycles. The van der Waals surface area contributed by atoms with E-state index in [1.165, 1.54) is 12.1 Å². The van der Waals surface area contributed by atoms with Gasteiger partial charge in [0.05, 0.1) is 11.2 Å². The van der Waals surface area contributed by atoms with Crippen molar-refractivity contribution in [3.63, 3.8) is 0 Å². The van der Waals surface area contributed by atoms with E-state index in [1.54, 1.807) is 10.7 Å². The fourth-order valence-corrected chi connectivity index (χ4v) is 2.12. The number of aromatic nitrogens is 3. The standard InChI is InChI=1S/C13H12FN3/c1-9-7-13(16(2)15-9)17-6-5-10-3-4-11(14)8-12(10)17/h3-8H,1-2H3.